The van der Waals surface area contributed by atoms with E-state index < -0.39 is 21.5 Å². The van der Waals surface area contributed by atoms with Crippen molar-refractivity contribution in [1.29, 1.82) is 0 Å². The molecule has 3 heterocycles. The van der Waals surface area contributed by atoms with Crippen molar-refractivity contribution >= 4 is 21.4 Å². The third-order valence-electron chi connectivity index (χ3n) is 6.52. The number of nitrogens with zero attached hydrogens (tertiary/aromatic N) is 4. The van der Waals surface area contributed by atoms with Gasteiger partial charge in [-0.15, -0.1) is 0 Å². The number of hydrogen-bond acceptors (Lipinski definition) is 9. The number of methoxy groups -OCH3 is 1. The van der Waals surface area contributed by atoms with Crippen LogP contribution in [0.25, 0.3) is 0 Å². The summed E-state index contributed by atoms with van der Waals surface area (Å²) in [6.45, 7) is 9.12. The van der Waals surface area contributed by atoms with E-state index in [9.17, 15) is 13.2 Å². The smallest absolute Gasteiger partial charge is 0.315 e. The Morgan fingerprint density at radius 1 is 1.22 bits per heavy atom. The fourth-order valence-corrected chi connectivity index (χ4v) is 6.49. The van der Waals surface area contributed by atoms with Crippen LogP contribution in [0, 0.1) is 19.3 Å². The summed E-state index contributed by atoms with van der Waals surface area (Å²) in [7, 11) is -2.25. The van der Waals surface area contributed by atoms with Crippen molar-refractivity contribution in [3.8, 4) is 5.75 Å². The number of amides is 1. The Morgan fingerprint density at radius 2 is 1.89 bits per heavy atom. The van der Waals surface area contributed by atoms with Crippen molar-refractivity contribution in [3.63, 3.8) is 0 Å². The molecule has 1 unspecified atom stereocenters. The average Bonchev–Trinajstić information content (AvgIpc) is 3.27. The number of rotatable bonds is 7. The lowest BCUT2D eigenvalue weighted by Crippen LogP contribution is -2.55. The summed E-state index contributed by atoms with van der Waals surface area (Å²) >= 11 is 0. The lowest BCUT2D eigenvalue weighted by Gasteiger charge is -2.45. The van der Waals surface area contributed by atoms with Crippen LogP contribution in [0.15, 0.2) is 46.1 Å². The van der Waals surface area contributed by atoms with Gasteiger partial charge in [-0.25, -0.2) is 8.42 Å². The van der Waals surface area contributed by atoms with Crippen LogP contribution in [-0.2, 0) is 15.6 Å². The standard InChI is InChI=1S/C25H31N5O5S/c1-16-12-19(34-5)13-17(2)22(16)36(32,33)14-21-28-24(35-29-21)23(31)27-20-8-11-30(15-25(20,3)4)18-6-9-26-10-7-18/h6-7,9-10,12-13,20H,8,11,14-15H2,1-5H3,(H,27,31). The minimum Gasteiger partial charge on any atom is -0.497 e. The molecular formula is C25H31N5O5S. The molecule has 3 aromatic rings. The Bertz CT molecular complexity index is 1330. The highest BCUT2D eigenvalue weighted by molar-refractivity contribution is 7.90. The first kappa shape index (κ1) is 25.6. The largest absolute Gasteiger partial charge is 0.497 e. The summed E-state index contributed by atoms with van der Waals surface area (Å²) in [5, 5.41) is 6.76. The molecule has 192 valence electrons. The van der Waals surface area contributed by atoms with Crippen molar-refractivity contribution in [1.82, 2.24) is 20.4 Å². The van der Waals surface area contributed by atoms with E-state index >= 15 is 0 Å². The van der Waals surface area contributed by atoms with E-state index in [1.165, 1.54) is 7.11 Å². The SMILES string of the molecule is COc1cc(C)c(S(=O)(=O)Cc2noc(C(=O)NC3CCN(c4ccncc4)CC3(C)C)n2)c(C)c1. The van der Waals surface area contributed by atoms with Gasteiger partial charge in [-0.3, -0.25) is 9.78 Å². The number of benzene rings is 1. The fourth-order valence-electron chi connectivity index (χ4n) is 4.79. The van der Waals surface area contributed by atoms with Crippen molar-refractivity contribution in [2.75, 3.05) is 25.1 Å². The topological polar surface area (TPSA) is 128 Å². The summed E-state index contributed by atoms with van der Waals surface area (Å²) in [6, 6.07) is 7.15. The maximum absolute atomic E-state index is 13.1. The molecule has 0 aliphatic carbocycles. The molecule has 1 fully saturated rings. The van der Waals surface area contributed by atoms with Crippen LogP contribution in [0.2, 0.25) is 0 Å². The molecule has 10 nitrogen and oxygen atoms in total. The van der Waals surface area contributed by atoms with Crippen LogP contribution >= 0.6 is 0 Å². The predicted octanol–water partition coefficient (Wildman–Crippen LogP) is 3.10. The molecule has 0 spiro atoms. The molecule has 0 saturated carbocycles. The molecule has 1 aliphatic heterocycles. The van der Waals surface area contributed by atoms with Gasteiger partial charge in [-0.05, 0) is 55.7 Å². The van der Waals surface area contributed by atoms with Crippen molar-refractivity contribution < 1.29 is 22.5 Å². The molecule has 11 heteroatoms. The van der Waals surface area contributed by atoms with Crippen LogP contribution in [-0.4, -0.2) is 55.7 Å². The third-order valence-corrected chi connectivity index (χ3v) is 8.43. The van der Waals surface area contributed by atoms with E-state index in [2.05, 4.69) is 39.2 Å². The molecule has 1 N–H and O–H groups in total. The van der Waals surface area contributed by atoms with Gasteiger partial charge in [0.25, 0.3) is 0 Å². The van der Waals surface area contributed by atoms with Gasteiger partial charge < -0.3 is 19.5 Å². The van der Waals surface area contributed by atoms with Crippen LogP contribution < -0.4 is 15.0 Å². The summed E-state index contributed by atoms with van der Waals surface area (Å²) < 4.78 is 36.5. The zero-order chi connectivity index (χ0) is 26.1. The Hall–Kier alpha value is -3.47. The van der Waals surface area contributed by atoms with Crippen LogP contribution in [0.5, 0.6) is 5.75 Å². The number of aromatic nitrogens is 3. The quantitative estimate of drug-likeness (QED) is 0.507. The molecule has 1 aromatic carbocycles. The first-order valence-electron chi connectivity index (χ1n) is 11.7. The fraction of sp³-hybridized carbons (Fsp3) is 0.440. The van der Waals surface area contributed by atoms with Gasteiger partial charge in [0.1, 0.15) is 11.5 Å². The number of hydrogen-bond donors (Lipinski definition) is 1. The van der Waals surface area contributed by atoms with E-state index in [-0.39, 0.29) is 28.1 Å². The molecular weight excluding hydrogens is 482 g/mol. The summed E-state index contributed by atoms with van der Waals surface area (Å²) in [4.78, 5) is 23.5. The van der Waals surface area contributed by atoms with E-state index in [0.717, 1.165) is 25.2 Å². The monoisotopic (exact) mass is 513 g/mol. The number of piperidine rings is 1. The van der Waals surface area contributed by atoms with Crippen molar-refractivity contribution in [3.05, 3.63) is 59.5 Å². The van der Waals surface area contributed by atoms with E-state index in [4.69, 9.17) is 9.26 Å². The molecule has 1 amide bonds. The second-order valence-electron chi connectivity index (χ2n) is 9.80. The predicted molar refractivity (Wildman–Crippen MR) is 134 cm³/mol. The van der Waals surface area contributed by atoms with Gasteiger partial charge in [-0.1, -0.05) is 19.0 Å². The molecule has 1 atom stereocenters. The maximum Gasteiger partial charge on any atom is 0.315 e. The zero-order valence-electron chi connectivity index (χ0n) is 21.1. The Morgan fingerprint density at radius 3 is 2.50 bits per heavy atom. The second kappa shape index (κ2) is 9.88. The molecule has 0 radical (unpaired) electrons. The van der Waals surface area contributed by atoms with E-state index in [1.807, 2.05) is 12.1 Å². The van der Waals surface area contributed by atoms with E-state index in [0.29, 0.717) is 16.9 Å². The van der Waals surface area contributed by atoms with Gasteiger partial charge in [-0.2, -0.15) is 4.98 Å². The van der Waals surface area contributed by atoms with Crippen LogP contribution in [0.3, 0.4) is 0 Å². The maximum atomic E-state index is 13.1. The van der Waals surface area contributed by atoms with Crippen LogP contribution in [0.4, 0.5) is 5.69 Å². The van der Waals surface area contributed by atoms with Gasteiger partial charge in [0.05, 0.1) is 12.0 Å². The summed E-state index contributed by atoms with van der Waals surface area (Å²) in [6.07, 6.45) is 4.26. The zero-order valence-corrected chi connectivity index (χ0v) is 21.9. The Labute approximate surface area is 211 Å². The Kier molecular flexibility index (Phi) is 7.03. The Balaban J connectivity index is 1.43. The number of aryl methyl sites for hydroxylation is 2. The molecule has 1 aliphatic rings. The number of carbonyl (C=O) groups excluding carboxylic acids is 1. The normalized spacial score (nSPS) is 17.6. The molecule has 36 heavy (non-hydrogen) atoms. The average molecular weight is 514 g/mol. The second-order valence-corrected chi connectivity index (χ2v) is 11.7. The molecule has 2 aromatic heterocycles. The summed E-state index contributed by atoms with van der Waals surface area (Å²) in [5.41, 5.74) is 1.99. The molecule has 4 rings (SSSR count). The number of pyridine rings is 1. The lowest BCUT2D eigenvalue weighted by atomic mass is 9.79. The molecule has 0 bridgehead atoms. The third kappa shape index (κ3) is 5.35. The first-order chi connectivity index (χ1) is 17.0. The summed E-state index contributed by atoms with van der Waals surface area (Å²) in [5.74, 6) is -0.735. The van der Waals surface area contributed by atoms with E-state index in [1.54, 1.807) is 38.4 Å². The van der Waals surface area contributed by atoms with Crippen molar-refractivity contribution in [2.45, 2.75) is 50.8 Å². The van der Waals surface area contributed by atoms with Gasteiger partial charge in [0, 0.05) is 42.6 Å². The number of ether oxygens (including phenoxy) is 1. The highest BCUT2D eigenvalue weighted by Crippen LogP contribution is 2.32. The first-order valence-corrected chi connectivity index (χ1v) is 13.3. The minimum absolute atomic E-state index is 0.0680. The highest BCUT2D eigenvalue weighted by atomic mass is 32.2. The molecule has 1 saturated heterocycles. The number of nitrogens with one attached hydrogen (secondary N) is 1. The van der Waals surface area contributed by atoms with Crippen molar-refractivity contribution in [2.24, 2.45) is 5.41 Å². The van der Waals surface area contributed by atoms with Gasteiger partial charge >= 0.3 is 11.8 Å². The number of sulfone groups is 1. The van der Waals surface area contributed by atoms with Crippen LogP contribution in [0.1, 0.15) is 47.9 Å². The number of carbonyl (C=O) groups is 1. The minimum atomic E-state index is -3.77. The van der Waals surface area contributed by atoms with Gasteiger partial charge in [0.15, 0.2) is 15.7 Å². The highest BCUT2D eigenvalue weighted by Gasteiger charge is 2.38. The van der Waals surface area contributed by atoms with Gasteiger partial charge in [0.2, 0.25) is 0 Å². The lowest BCUT2D eigenvalue weighted by molar-refractivity contribution is 0.0835. The number of anilines is 1.